The summed E-state index contributed by atoms with van der Waals surface area (Å²) in [5, 5.41) is 0.0434. The molecule has 1 heterocycles. The van der Waals surface area contributed by atoms with Gasteiger partial charge in [-0.3, -0.25) is 5.92 Å². The molecule has 1 nitrogen and oxygen atoms in total. The van der Waals surface area contributed by atoms with Crippen LogP contribution < -0.4 is 58.2 Å². The predicted molar refractivity (Wildman–Crippen MR) is 47.6 cm³/mol. The van der Waals surface area contributed by atoms with E-state index >= 15 is 0 Å². The van der Waals surface area contributed by atoms with Crippen LogP contribution in [0.2, 0.25) is 5.31 Å². The Hall–Kier alpha value is 1.83. The van der Waals surface area contributed by atoms with Gasteiger partial charge in [-0.2, -0.15) is 11.7 Å². The first-order chi connectivity index (χ1) is 4.96. The van der Waals surface area contributed by atoms with Gasteiger partial charge in [-0.15, -0.1) is 6.54 Å². The van der Waals surface area contributed by atoms with Crippen LogP contribution >= 0.6 is 0 Å². The Morgan fingerprint density at radius 2 is 2.00 bits per heavy atom. The van der Waals surface area contributed by atoms with Gasteiger partial charge in [0.05, 0.1) is 0 Å². The molecule has 2 fully saturated rings. The summed E-state index contributed by atoms with van der Waals surface area (Å²) < 4.78 is 0. The molecule has 1 unspecified atom stereocenters. The molecule has 1 aliphatic carbocycles. The molecule has 12 heavy (non-hydrogen) atoms. The number of fused-ring (bicyclic) bond motifs is 1. The first-order valence-electron chi connectivity index (χ1n) is 4.28. The van der Waals surface area contributed by atoms with Gasteiger partial charge in [0.15, 0.2) is 0 Å². The molecular formula is C9H15BNRb. The van der Waals surface area contributed by atoms with E-state index in [4.69, 9.17) is 7.85 Å². The summed E-state index contributed by atoms with van der Waals surface area (Å²) in [4.78, 5) is 2.32. The third-order valence-corrected chi connectivity index (χ3v) is 3.47. The van der Waals surface area contributed by atoms with E-state index in [1.54, 1.807) is 5.92 Å². The molecule has 2 radical (unpaired) electrons. The van der Waals surface area contributed by atoms with E-state index in [1.165, 1.54) is 6.42 Å². The van der Waals surface area contributed by atoms with Crippen LogP contribution in [0, 0.1) is 11.3 Å². The molecule has 0 aromatic carbocycles. The number of rotatable bonds is 0. The summed E-state index contributed by atoms with van der Waals surface area (Å²) >= 11 is 0. The van der Waals surface area contributed by atoms with Crippen molar-refractivity contribution in [3.05, 3.63) is 5.92 Å². The van der Waals surface area contributed by atoms with Crippen molar-refractivity contribution in [2.24, 2.45) is 5.41 Å². The third-order valence-electron chi connectivity index (χ3n) is 3.47. The van der Waals surface area contributed by atoms with Crippen molar-refractivity contribution in [3.63, 3.8) is 0 Å². The number of hydrogen-bond acceptors (Lipinski definition) is 1. The minimum absolute atomic E-state index is 0. The van der Waals surface area contributed by atoms with Gasteiger partial charge in [0.25, 0.3) is 0 Å². The van der Waals surface area contributed by atoms with Crippen LogP contribution in [0.25, 0.3) is 0 Å². The molecule has 0 aromatic heterocycles. The number of nitrogens with zero attached hydrogens (tertiary/aromatic N) is 1. The van der Waals surface area contributed by atoms with Gasteiger partial charge >= 0.3 is 58.2 Å². The SMILES string of the molecule is [B]C12CN(C)C[C-]1CC2(C)C.[Rb+]. The summed E-state index contributed by atoms with van der Waals surface area (Å²) in [6.07, 6.45) is 1.23. The van der Waals surface area contributed by atoms with Gasteiger partial charge < -0.3 is 4.90 Å². The van der Waals surface area contributed by atoms with Crippen LogP contribution in [0.3, 0.4) is 0 Å². The van der Waals surface area contributed by atoms with Gasteiger partial charge in [0, 0.05) is 7.85 Å². The zero-order valence-corrected chi connectivity index (χ0v) is 13.6. The van der Waals surface area contributed by atoms with E-state index in [9.17, 15) is 0 Å². The quantitative estimate of drug-likeness (QED) is 0.355. The Bertz CT molecular complexity index is 195. The van der Waals surface area contributed by atoms with E-state index in [0.717, 1.165) is 13.1 Å². The Morgan fingerprint density at radius 3 is 2.33 bits per heavy atom. The average Bonchev–Trinajstić information content (AvgIpc) is 2.06. The van der Waals surface area contributed by atoms with E-state index < -0.39 is 0 Å². The molecule has 1 aliphatic heterocycles. The van der Waals surface area contributed by atoms with Crippen LogP contribution in [0.1, 0.15) is 20.3 Å². The first-order valence-corrected chi connectivity index (χ1v) is 4.28. The molecule has 0 N–H and O–H groups in total. The summed E-state index contributed by atoms with van der Waals surface area (Å²) in [5.41, 5.74) is 0.340. The minimum Gasteiger partial charge on any atom is -0.338 e. The second-order valence-corrected chi connectivity index (χ2v) is 4.81. The maximum atomic E-state index is 6.30. The zero-order chi connectivity index (χ0) is 8.28. The van der Waals surface area contributed by atoms with Crippen LogP contribution in [-0.2, 0) is 0 Å². The fraction of sp³-hybridized carbons (Fsp3) is 0.889. The van der Waals surface area contributed by atoms with Gasteiger partial charge in [0.2, 0.25) is 0 Å². The second-order valence-electron chi connectivity index (χ2n) is 4.81. The van der Waals surface area contributed by atoms with Crippen molar-refractivity contribution < 1.29 is 58.2 Å². The number of likely N-dealkylation sites (tertiary alicyclic amines) is 1. The van der Waals surface area contributed by atoms with E-state index in [2.05, 4.69) is 25.8 Å². The van der Waals surface area contributed by atoms with Crippen LogP contribution in [0.5, 0.6) is 0 Å². The fourth-order valence-corrected chi connectivity index (χ4v) is 2.55. The van der Waals surface area contributed by atoms with Crippen molar-refractivity contribution in [3.8, 4) is 0 Å². The summed E-state index contributed by atoms with van der Waals surface area (Å²) in [5.74, 6) is 1.56. The summed E-state index contributed by atoms with van der Waals surface area (Å²) in [6.45, 7) is 6.72. The molecular weight excluding hydrogens is 218 g/mol. The monoisotopic (exact) mass is 233 g/mol. The van der Waals surface area contributed by atoms with Gasteiger partial charge in [-0.25, -0.2) is 0 Å². The van der Waals surface area contributed by atoms with Crippen LogP contribution in [0.15, 0.2) is 0 Å². The van der Waals surface area contributed by atoms with Crippen LogP contribution in [0.4, 0.5) is 0 Å². The van der Waals surface area contributed by atoms with Crippen molar-refractivity contribution in [2.45, 2.75) is 25.6 Å². The van der Waals surface area contributed by atoms with Crippen molar-refractivity contribution >= 4 is 7.85 Å². The first kappa shape index (κ1) is 11.9. The predicted octanol–water partition coefficient (Wildman–Crippen LogP) is -1.73. The molecule has 0 spiro atoms. The molecule has 2 aliphatic rings. The Labute approximate surface area is 126 Å². The Balaban J connectivity index is 0.000000720. The number of hydrogen-bond donors (Lipinski definition) is 0. The molecule has 3 heteroatoms. The molecule has 0 bridgehead atoms. The van der Waals surface area contributed by atoms with E-state index in [-0.39, 0.29) is 63.5 Å². The van der Waals surface area contributed by atoms with Gasteiger partial charge in [-0.1, -0.05) is 19.3 Å². The van der Waals surface area contributed by atoms with Gasteiger partial charge in [-0.05, 0) is 13.6 Å². The Kier molecular flexibility index (Phi) is 3.42. The molecule has 0 aromatic rings. The third kappa shape index (κ3) is 1.46. The topological polar surface area (TPSA) is 3.24 Å². The maximum absolute atomic E-state index is 6.30. The molecule has 0 amide bonds. The largest absolute Gasteiger partial charge is 1.00 e. The molecule has 1 atom stereocenters. The fourth-order valence-electron chi connectivity index (χ4n) is 2.55. The van der Waals surface area contributed by atoms with Crippen molar-refractivity contribution in [2.75, 3.05) is 20.1 Å². The van der Waals surface area contributed by atoms with E-state index in [0.29, 0.717) is 5.41 Å². The normalized spacial score (nSPS) is 39.9. The van der Waals surface area contributed by atoms with Gasteiger partial charge in [0.1, 0.15) is 0 Å². The molecule has 2 rings (SSSR count). The van der Waals surface area contributed by atoms with Crippen molar-refractivity contribution in [1.82, 2.24) is 4.90 Å². The molecule has 1 saturated heterocycles. The summed E-state index contributed by atoms with van der Waals surface area (Å²) in [7, 11) is 8.45. The smallest absolute Gasteiger partial charge is 0.338 e. The summed E-state index contributed by atoms with van der Waals surface area (Å²) in [6, 6.07) is 0. The van der Waals surface area contributed by atoms with Crippen LogP contribution in [-0.4, -0.2) is 32.9 Å². The molecule has 60 valence electrons. The van der Waals surface area contributed by atoms with E-state index in [1.807, 2.05) is 0 Å². The molecule has 1 saturated carbocycles. The maximum Gasteiger partial charge on any atom is 1.00 e. The Morgan fingerprint density at radius 1 is 1.42 bits per heavy atom. The minimum atomic E-state index is 0. The second kappa shape index (κ2) is 3.45. The standard InChI is InChI=1S/C9H15BN.Rb/c1-8(2)4-7-5-11(3)6-9(7,8)10;/h4-6H2,1-3H3;/q-1;+1. The zero-order valence-electron chi connectivity index (χ0n) is 8.65. The average molecular weight is 234 g/mol. The van der Waals surface area contributed by atoms with Crippen molar-refractivity contribution in [1.29, 1.82) is 0 Å².